The number of rotatable bonds is 8. The fraction of sp³-hybridized carbons (Fsp3) is 0.667. The molecule has 6 heteroatoms. The lowest BCUT2D eigenvalue weighted by Gasteiger charge is -2.32. The van der Waals surface area contributed by atoms with E-state index in [1.54, 1.807) is 0 Å². The monoisotopic (exact) mass is 374 g/mol. The number of fused-ring (bicyclic) bond motifs is 3. The Hall–Kier alpha value is -1.79. The molecular formula is C21H34N4O2. The minimum Gasteiger partial charge on any atom is -0.409 e. The molecule has 6 nitrogen and oxygen atoms in total. The van der Waals surface area contributed by atoms with Crippen LogP contribution in [0.1, 0.15) is 57.9 Å². The maximum absolute atomic E-state index is 12.1. The van der Waals surface area contributed by atoms with Gasteiger partial charge in [0.15, 0.2) is 0 Å². The highest BCUT2D eigenvalue weighted by Gasteiger charge is 2.52. The van der Waals surface area contributed by atoms with Crippen LogP contribution in [0.4, 0.5) is 10.5 Å². The van der Waals surface area contributed by atoms with Crippen LogP contribution in [0.5, 0.6) is 5.75 Å². The van der Waals surface area contributed by atoms with Gasteiger partial charge in [-0.2, -0.15) is 0 Å². The molecule has 2 aliphatic rings. The molecule has 0 aliphatic carbocycles. The highest BCUT2D eigenvalue weighted by atomic mass is 16.6. The third kappa shape index (κ3) is 4.06. The largest absolute Gasteiger partial charge is 0.427 e. The van der Waals surface area contributed by atoms with Gasteiger partial charge in [-0.1, -0.05) is 39.5 Å². The van der Waals surface area contributed by atoms with Crippen molar-refractivity contribution in [1.29, 1.82) is 0 Å². The molecule has 0 spiro atoms. The van der Waals surface area contributed by atoms with Crippen molar-refractivity contribution >= 4 is 11.8 Å². The number of hydrogen-bond donors (Lipinski definition) is 2. The molecule has 27 heavy (non-hydrogen) atoms. The fourth-order valence-electron chi connectivity index (χ4n) is 4.70. The van der Waals surface area contributed by atoms with E-state index in [2.05, 4.69) is 54.7 Å². The van der Waals surface area contributed by atoms with Gasteiger partial charge in [-0.15, -0.1) is 0 Å². The maximum atomic E-state index is 12.1. The molecular weight excluding hydrogens is 340 g/mol. The Morgan fingerprint density at radius 2 is 2.04 bits per heavy atom. The number of hydrogen-bond acceptors (Lipinski definition) is 5. The summed E-state index contributed by atoms with van der Waals surface area (Å²) in [6.07, 6.45) is 7.03. The van der Waals surface area contributed by atoms with E-state index in [4.69, 9.17) is 4.74 Å². The van der Waals surface area contributed by atoms with E-state index in [1.165, 1.54) is 36.9 Å². The predicted molar refractivity (Wildman–Crippen MR) is 109 cm³/mol. The minimum absolute atomic E-state index is 0.0748. The van der Waals surface area contributed by atoms with E-state index in [-0.39, 0.29) is 5.41 Å². The first-order valence-corrected chi connectivity index (χ1v) is 10.3. The van der Waals surface area contributed by atoms with Gasteiger partial charge in [0.2, 0.25) is 0 Å². The zero-order chi connectivity index (χ0) is 19.4. The third-order valence-electron chi connectivity index (χ3n) is 6.11. The van der Waals surface area contributed by atoms with Crippen LogP contribution in [0.3, 0.4) is 0 Å². The first kappa shape index (κ1) is 20.0. The number of anilines is 1. The van der Waals surface area contributed by atoms with Gasteiger partial charge in [-0.05, 0) is 43.7 Å². The summed E-state index contributed by atoms with van der Waals surface area (Å²) in [5, 5.41) is 0. The quantitative estimate of drug-likeness (QED) is 0.538. The molecule has 0 radical (unpaired) electrons. The van der Waals surface area contributed by atoms with Gasteiger partial charge in [-0.3, -0.25) is 10.3 Å². The Bertz CT molecular complexity index is 666. The van der Waals surface area contributed by atoms with Crippen LogP contribution in [-0.4, -0.2) is 44.3 Å². The average molecular weight is 375 g/mol. The molecule has 1 aromatic rings. The molecule has 1 amide bonds. The number of benzene rings is 1. The molecule has 2 aliphatic heterocycles. The normalized spacial score (nSPS) is 24.0. The first-order valence-electron chi connectivity index (χ1n) is 10.3. The molecule has 1 aromatic carbocycles. The lowest BCUT2D eigenvalue weighted by Crippen LogP contribution is -2.45. The molecule has 0 saturated carbocycles. The highest BCUT2D eigenvalue weighted by molar-refractivity contribution is 5.72. The lowest BCUT2D eigenvalue weighted by molar-refractivity contribution is 0.195. The van der Waals surface area contributed by atoms with Gasteiger partial charge in [0.1, 0.15) is 5.75 Å². The van der Waals surface area contributed by atoms with Crippen LogP contribution in [-0.2, 0) is 5.41 Å². The number of unbranched alkanes of at least 4 members (excludes halogenated alkanes) is 4. The molecule has 2 N–H and O–H groups in total. The van der Waals surface area contributed by atoms with Crippen molar-refractivity contribution in [2.45, 2.75) is 64.0 Å². The van der Waals surface area contributed by atoms with Crippen LogP contribution in [0.2, 0.25) is 0 Å². The summed E-state index contributed by atoms with van der Waals surface area (Å²) < 4.78 is 5.50. The number of carbonyl (C=O) groups is 1. The Labute approximate surface area is 163 Å². The second-order valence-electron chi connectivity index (χ2n) is 8.17. The van der Waals surface area contributed by atoms with Gasteiger partial charge in [0.25, 0.3) is 0 Å². The summed E-state index contributed by atoms with van der Waals surface area (Å²) in [6.45, 7) is 6.37. The summed E-state index contributed by atoms with van der Waals surface area (Å²) in [6, 6.07) is 5.98. The summed E-state index contributed by atoms with van der Waals surface area (Å²) in [5.41, 5.74) is 8.16. The van der Waals surface area contributed by atoms with Crippen molar-refractivity contribution < 1.29 is 9.53 Å². The first-order chi connectivity index (χ1) is 13.0. The summed E-state index contributed by atoms with van der Waals surface area (Å²) in [5.74, 6) is 0.598. The van der Waals surface area contributed by atoms with E-state index in [0.29, 0.717) is 11.9 Å². The lowest BCUT2D eigenvalue weighted by atomic mass is 9.81. The van der Waals surface area contributed by atoms with E-state index in [1.807, 2.05) is 12.1 Å². The standard InChI is InChI=1S/C21H34N4O2/c1-5-6-7-8-9-13-22-23-20(26)27-16-10-11-18-17(15-16)21(2)12-14-24(3)19(21)25(18)4/h10-11,15,19,22H,5-9,12-14H2,1-4H3,(H,23,26)/t19-,21+/m1/s1. The van der Waals surface area contributed by atoms with Crippen molar-refractivity contribution in [3.05, 3.63) is 23.8 Å². The smallest absolute Gasteiger partial charge is 0.409 e. The Kier molecular flexibility index (Phi) is 6.27. The Morgan fingerprint density at radius 1 is 1.26 bits per heavy atom. The van der Waals surface area contributed by atoms with Crippen molar-refractivity contribution in [2.75, 3.05) is 32.1 Å². The van der Waals surface area contributed by atoms with Gasteiger partial charge < -0.3 is 9.64 Å². The molecule has 150 valence electrons. The molecule has 1 fully saturated rings. The number of amides is 1. The molecule has 0 aromatic heterocycles. The molecule has 2 atom stereocenters. The number of nitrogens with zero attached hydrogens (tertiary/aromatic N) is 2. The van der Waals surface area contributed by atoms with Crippen LogP contribution in [0, 0.1) is 0 Å². The minimum atomic E-state index is -0.458. The van der Waals surface area contributed by atoms with Crippen LogP contribution in [0.15, 0.2) is 18.2 Å². The highest BCUT2D eigenvalue weighted by Crippen LogP contribution is 2.51. The molecule has 2 heterocycles. The second kappa shape index (κ2) is 8.48. The van der Waals surface area contributed by atoms with E-state index in [9.17, 15) is 4.79 Å². The number of likely N-dealkylation sites (tertiary alicyclic amines) is 1. The van der Waals surface area contributed by atoms with E-state index in [0.717, 1.165) is 25.9 Å². The number of carbonyl (C=O) groups excluding carboxylic acids is 1. The van der Waals surface area contributed by atoms with Gasteiger partial charge >= 0.3 is 6.09 Å². The summed E-state index contributed by atoms with van der Waals surface area (Å²) in [7, 11) is 4.32. The van der Waals surface area contributed by atoms with Gasteiger partial charge in [0, 0.05) is 31.2 Å². The number of likely N-dealkylation sites (N-methyl/N-ethyl adjacent to an activating group) is 2. The SMILES string of the molecule is CCCCCCCNNC(=O)Oc1ccc2c(c1)[C@]1(C)CCN(C)[C@@H]1N2C. The fourth-order valence-corrected chi connectivity index (χ4v) is 4.70. The van der Waals surface area contributed by atoms with E-state index < -0.39 is 6.09 Å². The van der Waals surface area contributed by atoms with Crippen molar-refractivity contribution in [2.24, 2.45) is 0 Å². The molecule has 3 rings (SSSR count). The molecule has 0 unspecified atom stereocenters. The Balaban J connectivity index is 1.53. The van der Waals surface area contributed by atoms with Crippen molar-refractivity contribution in [3.8, 4) is 5.75 Å². The van der Waals surface area contributed by atoms with Crippen molar-refractivity contribution in [3.63, 3.8) is 0 Å². The second-order valence-corrected chi connectivity index (χ2v) is 8.17. The van der Waals surface area contributed by atoms with Crippen molar-refractivity contribution in [1.82, 2.24) is 15.8 Å². The van der Waals surface area contributed by atoms with Gasteiger partial charge in [-0.25, -0.2) is 10.2 Å². The van der Waals surface area contributed by atoms with E-state index >= 15 is 0 Å². The topological polar surface area (TPSA) is 56.8 Å². The molecule has 0 bridgehead atoms. The Morgan fingerprint density at radius 3 is 2.81 bits per heavy atom. The van der Waals surface area contributed by atoms with Crippen LogP contribution in [0.25, 0.3) is 0 Å². The number of nitrogens with one attached hydrogen (secondary N) is 2. The zero-order valence-electron chi connectivity index (χ0n) is 17.2. The average Bonchev–Trinajstić information content (AvgIpc) is 3.06. The van der Waals surface area contributed by atoms with Gasteiger partial charge in [0.05, 0.1) is 6.17 Å². The summed E-state index contributed by atoms with van der Waals surface area (Å²) >= 11 is 0. The zero-order valence-corrected chi connectivity index (χ0v) is 17.2. The number of hydrazine groups is 1. The van der Waals surface area contributed by atoms with Crippen LogP contribution >= 0.6 is 0 Å². The third-order valence-corrected chi connectivity index (χ3v) is 6.11. The number of ether oxygens (including phenoxy) is 1. The maximum Gasteiger partial charge on any atom is 0.427 e. The molecule has 1 saturated heterocycles. The van der Waals surface area contributed by atoms with Crippen LogP contribution < -0.4 is 20.5 Å². The summed E-state index contributed by atoms with van der Waals surface area (Å²) in [4.78, 5) is 16.8. The predicted octanol–water partition coefficient (Wildman–Crippen LogP) is 3.62.